The fourth-order valence-electron chi connectivity index (χ4n) is 2.19. The number of amides is 1. The lowest BCUT2D eigenvalue weighted by Crippen LogP contribution is -2.41. The number of nitrogens with zero attached hydrogens (tertiary/aromatic N) is 2. The predicted octanol–water partition coefficient (Wildman–Crippen LogP) is 1.46. The molecule has 0 bridgehead atoms. The molecule has 0 aliphatic carbocycles. The zero-order valence-electron chi connectivity index (χ0n) is 12.2. The number of aliphatic hydroxyl groups is 1. The van der Waals surface area contributed by atoms with E-state index in [2.05, 4.69) is 5.32 Å². The molecule has 0 saturated carbocycles. The lowest BCUT2D eigenvalue weighted by Gasteiger charge is -2.25. The van der Waals surface area contributed by atoms with Gasteiger partial charge in [-0.1, -0.05) is 13.8 Å². The number of nitro groups is 1. The van der Waals surface area contributed by atoms with E-state index in [1.165, 1.54) is 16.8 Å². The van der Waals surface area contributed by atoms with Gasteiger partial charge in [-0.15, -0.1) is 0 Å². The summed E-state index contributed by atoms with van der Waals surface area (Å²) in [5.41, 5.74) is -0.940. The zero-order chi connectivity index (χ0) is 15.5. The topological polar surface area (TPSA) is 97.4 Å². The van der Waals surface area contributed by atoms with E-state index in [0.717, 1.165) is 0 Å². The number of aryl methyl sites for hydroxylation is 1. The molecule has 1 aromatic rings. The van der Waals surface area contributed by atoms with Crippen molar-refractivity contribution in [2.75, 3.05) is 6.54 Å². The van der Waals surface area contributed by atoms with Gasteiger partial charge >= 0.3 is 0 Å². The van der Waals surface area contributed by atoms with E-state index in [-0.39, 0.29) is 17.9 Å². The summed E-state index contributed by atoms with van der Waals surface area (Å²) in [4.78, 5) is 22.1. The van der Waals surface area contributed by atoms with Gasteiger partial charge in [0, 0.05) is 19.7 Å². The molecule has 0 aliphatic rings. The van der Waals surface area contributed by atoms with Crippen LogP contribution in [0.15, 0.2) is 12.3 Å². The van der Waals surface area contributed by atoms with E-state index in [4.69, 9.17) is 0 Å². The first-order valence-electron chi connectivity index (χ1n) is 6.44. The molecule has 0 fully saturated rings. The normalized spacial score (nSPS) is 14.1. The van der Waals surface area contributed by atoms with Crippen LogP contribution in [0.4, 0.5) is 5.69 Å². The molecule has 7 heteroatoms. The molecule has 1 heterocycles. The molecule has 7 nitrogen and oxygen atoms in total. The standard InChI is InChI=1S/C13H21N3O4/c1-9(2)6-13(3,18)8-14-12(17)11-5-10(16(19)20)7-15(11)4/h5,7,9,18H,6,8H2,1-4H3,(H,14,17). The summed E-state index contributed by atoms with van der Waals surface area (Å²) in [5.74, 6) is -0.136. The fourth-order valence-corrected chi connectivity index (χ4v) is 2.19. The molecule has 112 valence electrons. The molecule has 1 aromatic heterocycles. The maximum absolute atomic E-state index is 12.0. The minimum Gasteiger partial charge on any atom is -0.388 e. The summed E-state index contributed by atoms with van der Waals surface area (Å²) in [6.07, 6.45) is 1.84. The van der Waals surface area contributed by atoms with Crippen molar-refractivity contribution in [3.05, 3.63) is 28.1 Å². The van der Waals surface area contributed by atoms with Crippen molar-refractivity contribution in [3.8, 4) is 0 Å². The van der Waals surface area contributed by atoms with E-state index in [0.29, 0.717) is 12.3 Å². The van der Waals surface area contributed by atoms with Crippen LogP contribution in [0, 0.1) is 16.0 Å². The van der Waals surface area contributed by atoms with Gasteiger partial charge in [-0.2, -0.15) is 0 Å². The Morgan fingerprint density at radius 1 is 1.60 bits per heavy atom. The number of hydrogen-bond donors (Lipinski definition) is 2. The van der Waals surface area contributed by atoms with E-state index >= 15 is 0 Å². The molecule has 0 spiro atoms. The first-order chi connectivity index (χ1) is 9.12. The van der Waals surface area contributed by atoms with Crippen LogP contribution >= 0.6 is 0 Å². The van der Waals surface area contributed by atoms with Gasteiger partial charge in [0.25, 0.3) is 11.6 Å². The second kappa shape index (κ2) is 6.04. The molecule has 20 heavy (non-hydrogen) atoms. The second-order valence-electron chi connectivity index (χ2n) is 5.73. The molecule has 0 saturated heterocycles. The van der Waals surface area contributed by atoms with Gasteiger partial charge in [0.05, 0.1) is 16.7 Å². The predicted molar refractivity (Wildman–Crippen MR) is 74.5 cm³/mol. The smallest absolute Gasteiger partial charge is 0.287 e. The van der Waals surface area contributed by atoms with Gasteiger partial charge in [0.1, 0.15) is 5.69 Å². The van der Waals surface area contributed by atoms with Crippen molar-refractivity contribution in [3.63, 3.8) is 0 Å². The maximum Gasteiger partial charge on any atom is 0.287 e. The van der Waals surface area contributed by atoms with Gasteiger partial charge in [-0.3, -0.25) is 14.9 Å². The highest BCUT2D eigenvalue weighted by atomic mass is 16.6. The van der Waals surface area contributed by atoms with Crippen LogP contribution < -0.4 is 5.32 Å². The summed E-state index contributed by atoms with van der Waals surface area (Å²) in [6, 6.07) is 1.21. The van der Waals surface area contributed by atoms with Crippen LogP contribution in [-0.4, -0.2) is 32.6 Å². The van der Waals surface area contributed by atoms with E-state index in [1.807, 2.05) is 13.8 Å². The van der Waals surface area contributed by atoms with Crippen LogP contribution in [0.1, 0.15) is 37.7 Å². The second-order valence-corrected chi connectivity index (χ2v) is 5.73. The van der Waals surface area contributed by atoms with Crippen LogP contribution in [0.2, 0.25) is 0 Å². The van der Waals surface area contributed by atoms with Crippen molar-refractivity contribution in [1.29, 1.82) is 0 Å². The molecular formula is C13H21N3O4. The summed E-state index contributed by atoms with van der Waals surface area (Å²) >= 11 is 0. The summed E-state index contributed by atoms with van der Waals surface area (Å²) < 4.78 is 1.39. The number of aromatic nitrogens is 1. The van der Waals surface area contributed by atoms with Crippen molar-refractivity contribution in [2.24, 2.45) is 13.0 Å². The van der Waals surface area contributed by atoms with Crippen LogP contribution in [0.5, 0.6) is 0 Å². The number of rotatable bonds is 6. The zero-order valence-corrected chi connectivity index (χ0v) is 12.2. The third kappa shape index (κ3) is 4.34. The molecule has 1 rings (SSSR count). The third-order valence-corrected chi connectivity index (χ3v) is 2.91. The number of carbonyl (C=O) groups excluding carboxylic acids is 1. The Labute approximate surface area is 117 Å². The SMILES string of the molecule is CC(C)CC(C)(O)CNC(=O)c1cc([N+](=O)[O-])cn1C. The minimum atomic E-state index is -0.999. The highest BCUT2D eigenvalue weighted by Gasteiger charge is 2.24. The third-order valence-electron chi connectivity index (χ3n) is 2.91. The lowest BCUT2D eigenvalue weighted by atomic mass is 9.94. The Morgan fingerprint density at radius 3 is 2.65 bits per heavy atom. The Balaban J connectivity index is 2.70. The molecule has 2 N–H and O–H groups in total. The van der Waals surface area contributed by atoms with Crippen LogP contribution in [0.25, 0.3) is 0 Å². The summed E-state index contributed by atoms with van der Waals surface area (Å²) in [7, 11) is 1.56. The molecule has 1 amide bonds. The molecule has 0 aliphatic heterocycles. The number of hydrogen-bond acceptors (Lipinski definition) is 4. The van der Waals surface area contributed by atoms with Crippen molar-refractivity contribution < 1.29 is 14.8 Å². The largest absolute Gasteiger partial charge is 0.388 e. The highest BCUT2D eigenvalue weighted by Crippen LogP contribution is 2.17. The average Bonchev–Trinajstić information content (AvgIpc) is 2.67. The minimum absolute atomic E-state index is 0.100. The number of carbonyl (C=O) groups is 1. The molecule has 1 unspecified atom stereocenters. The summed E-state index contributed by atoms with van der Waals surface area (Å²) in [5, 5.41) is 23.4. The lowest BCUT2D eigenvalue weighted by molar-refractivity contribution is -0.384. The fraction of sp³-hybridized carbons (Fsp3) is 0.615. The summed E-state index contributed by atoms with van der Waals surface area (Å²) in [6.45, 7) is 5.72. The Kier molecular flexibility index (Phi) is 4.88. The quantitative estimate of drug-likeness (QED) is 0.610. The van der Waals surface area contributed by atoms with Gasteiger partial charge in [0.15, 0.2) is 0 Å². The average molecular weight is 283 g/mol. The van der Waals surface area contributed by atoms with Crippen LogP contribution in [-0.2, 0) is 7.05 Å². The Hall–Kier alpha value is -1.89. The van der Waals surface area contributed by atoms with Crippen LogP contribution in [0.3, 0.4) is 0 Å². The Bertz CT molecular complexity index is 506. The van der Waals surface area contributed by atoms with Gasteiger partial charge in [-0.05, 0) is 19.3 Å². The van der Waals surface area contributed by atoms with Crippen molar-refractivity contribution in [1.82, 2.24) is 9.88 Å². The molecule has 1 atom stereocenters. The highest BCUT2D eigenvalue weighted by molar-refractivity contribution is 5.93. The van der Waals surface area contributed by atoms with E-state index in [1.54, 1.807) is 14.0 Å². The molecule has 0 aromatic carbocycles. The molecule has 0 radical (unpaired) electrons. The van der Waals surface area contributed by atoms with E-state index in [9.17, 15) is 20.0 Å². The molecular weight excluding hydrogens is 262 g/mol. The van der Waals surface area contributed by atoms with Gasteiger partial charge in [0.2, 0.25) is 0 Å². The first-order valence-corrected chi connectivity index (χ1v) is 6.44. The van der Waals surface area contributed by atoms with Crippen molar-refractivity contribution >= 4 is 11.6 Å². The maximum atomic E-state index is 12.0. The van der Waals surface area contributed by atoms with Crippen molar-refractivity contribution in [2.45, 2.75) is 32.8 Å². The monoisotopic (exact) mass is 283 g/mol. The van der Waals surface area contributed by atoms with Gasteiger partial charge in [-0.25, -0.2) is 0 Å². The van der Waals surface area contributed by atoms with Gasteiger partial charge < -0.3 is 15.0 Å². The Morgan fingerprint density at radius 2 is 2.20 bits per heavy atom. The van der Waals surface area contributed by atoms with E-state index < -0.39 is 16.4 Å². The first kappa shape index (κ1) is 16.2. The number of nitrogens with one attached hydrogen (secondary N) is 1.